The van der Waals surface area contributed by atoms with Crippen LogP contribution in [0.25, 0.3) is 0 Å². The Labute approximate surface area is 144 Å². The van der Waals surface area contributed by atoms with Gasteiger partial charge in [-0.3, -0.25) is 14.4 Å². The van der Waals surface area contributed by atoms with Gasteiger partial charge in [-0.1, -0.05) is 6.07 Å². The molecular formula is C17H22N2O4S. The molecule has 0 radical (unpaired) electrons. The zero-order valence-electron chi connectivity index (χ0n) is 13.6. The molecule has 1 aromatic heterocycles. The average molecular weight is 350 g/mol. The smallest absolute Gasteiger partial charge is 0.306 e. The van der Waals surface area contributed by atoms with Crippen LogP contribution in [0.15, 0.2) is 17.5 Å². The number of rotatable bonds is 4. The van der Waals surface area contributed by atoms with Crippen molar-refractivity contribution in [1.82, 2.24) is 10.2 Å². The number of hydrogen-bond acceptors (Lipinski definition) is 4. The summed E-state index contributed by atoms with van der Waals surface area (Å²) in [4.78, 5) is 38.5. The highest BCUT2D eigenvalue weighted by Gasteiger charge is 2.43. The summed E-state index contributed by atoms with van der Waals surface area (Å²) in [5.41, 5.74) is 0. The van der Waals surface area contributed by atoms with Crippen LogP contribution in [0.4, 0.5) is 0 Å². The number of nitrogens with zero attached hydrogens (tertiary/aromatic N) is 1. The van der Waals surface area contributed by atoms with Gasteiger partial charge in [-0.15, -0.1) is 11.3 Å². The number of carbonyl (C=O) groups is 3. The highest BCUT2D eigenvalue weighted by molar-refractivity contribution is 7.10. The first-order valence-electron chi connectivity index (χ1n) is 8.29. The molecule has 1 aromatic rings. The van der Waals surface area contributed by atoms with E-state index in [9.17, 15) is 14.4 Å². The van der Waals surface area contributed by atoms with Gasteiger partial charge in [0, 0.05) is 24.4 Å². The fourth-order valence-electron chi connectivity index (χ4n) is 3.75. The molecule has 6 nitrogen and oxygen atoms in total. The van der Waals surface area contributed by atoms with Crippen molar-refractivity contribution in [2.75, 3.05) is 7.05 Å². The van der Waals surface area contributed by atoms with Crippen LogP contribution in [-0.2, 0) is 14.4 Å². The summed E-state index contributed by atoms with van der Waals surface area (Å²) < 4.78 is 0. The Bertz CT molecular complexity index is 623. The second kappa shape index (κ2) is 6.93. The number of carboxylic acid groups (broad SMARTS) is 1. The number of likely N-dealkylation sites (tertiary alicyclic amines) is 1. The Balaban J connectivity index is 1.64. The number of amides is 2. The molecule has 0 aromatic carbocycles. The quantitative estimate of drug-likeness (QED) is 0.870. The SMILES string of the molecule is CN1C(=O)C[C@H](C(=O)NC2CCC(C(=O)O)CC2)[C@@H]1c1cccs1. The lowest BCUT2D eigenvalue weighted by molar-refractivity contribution is -0.143. The minimum atomic E-state index is -0.749. The van der Waals surface area contributed by atoms with E-state index in [4.69, 9.17) is 5.11 Å². The van der Waals surface area contributed by atoms with Gasteiger partial charge in [-0.05, 0) is 37.1 Å². The first-order chi connectivity index (χ1) is 11.5. The van der Waals surface area contributed by atoms with Gasteiger partial charge in [-0.2, -0.15) is 0 Å². The van der Waals surface area contributed by atoms with Crippen LogP contribution in [-0.4, -0.2) is 40.9 Å². The molecule has 2 aliphatic rings. The third-order valence-electron chi connectivity index (χ3n) is 5.18. The van der Waals surface area contributed by atoms with E-state index in [0.717, 1.165) is 4.88 Å². The highest BCUT2D eigenvalue weighted by atomic mass is 32.1. The Hall–Kier alpha value is -1.89. The van der Waals surface area contributed by atoms with E-state index in [-0.39, 0.29) is 42.2 Å². The third kappa shape index (κ3) is 3.31. The lowest BCUT2D eigenvalue weighted by Gasteiger charge is -2.29. The van der Waals surface area contributed by atoms with Crippen molar-refractivity contribution in [3.05, 3.63) is 22.4 Å². The molecule has 0 spiro atoms. The van der Waals surface area contributed by atoms with Crippen LogP contribution < -0.4 is 5.32 Å². The average Bonchev–Trinajstić information content (AvgIpc) is 3.17. The zero-order chi connectivity index (χ0) is 17.3. The molecular weight excluding hydrogens is 328 g/mol. The van der Waals surface area contributed by atoms with E-state index in [1.54, 1.807) is 23.3 Å². The van der Waals surface area contributed by atoms with E-state index >= 15 is 0 Å². The maximum Gasteiger partial charge on any atom is 0.306 e. The first kappa shape index (κ1) is 17.0. The molecule has 2 N–H and O–H groups in total. The number of carbonyl (C=O) groups excluding carboxylic acids is 2. The molecule has 1 saturated heterocycles. The van der Waals surface area contributed by atoms with Gasteiger partial charge in [0.25, 0.3) is 0 Å². The van der Waals surface area contributed by atoms with Gasteiger partial charge in [0.15, 0.2) is 0 Å². The standard InChI is InChI=1S/C17H22N2O4S/c1-19-14(20)9-12(15(19)13-3-2-8-24-13)16(21)18-11-6-4-10(5-7-11)17(22)23/h2-3,8,10-12,15H,4-7,9H2,1H3,(H,18,21)(H,22,23)/t10?,11?,12-,15+/m0/s1. The van der Waals surface area contributed by atoms with Gasteiger partial charge in [0.1, 0.15) is 0 Å². The molecule has 2 atom stereocenters. The lowest BCUT2D eigenvalue weighted by Crippen LogP contribution is -2.42. The van der Waals surface area contributed by atoms with Crippen LogP contribution in [0.1, 0.15) is 43.0 Å². The van der Waals surface area contributed by atoms with Gasteiger partial charge in [0.05, 0.1) is 17.9 Å². The molecule has 130 valence electrons. The van der Waals surface area contributed by atoms with E-state index in [1.807, 2.05) is 17.5 Å². The number of hydrogen-bond donors (Lipinski definition) is 2. The molecule has 0 bridgehead atoms. The van der Waals surface area contributed by atoms with Gasteiger partial charge >= 0.3 is 5.97 Å². The van der Waals surface area contributed by atoms with Crippen LogP contribution in [0.3, 0.4) is 0 Å². The van der Waals surface area contributed by atoms with Crippen LogP contribution >= 0.6 is 11.3 Å². The number of aliphatic carboxylic acids is 1. The summed E-state index contributed by atoms with van der Waals surface area (Å²) in [7, 11) is 1.75. The molecule has 2 heterocycles. The van der Waals surface area contributed by atoms with Crippen molar-refractivity contribution in [2.24, 2.45) is 11.8 Å². The third-order valence-corrected chi connectivity index (χ3v) is 6.12. The topological polar surface area (TPSA) is 86.7 Å². The van der Waals surface area contributed by atoms with Crippen molar-refractivity contribution in [2.45, 2.75) is 44.2 Å². The Morgan fingerprint density at radius 2 is 2.00 bits per heavy atom. The molecule has 1 aliphatic heterocycles. The molecule has 2 fully saturated rings. The summed E-state index contributed by atoms with van der Waals surface area (Å²) in [6, 6.07) is 3.70. The number of carboxylic acids is 1. The molecule has 24 heavy (non-hydrogen) atoms. The van der Waals surface area contributed by atoms with Crippen molar-refractivity contribution in [3.8, 4) is 0 Å². The summed E-state index contributed by atoms with van der Waals surface area (Å²) in [5.74, 6) is -1.52. The van der Waals surface area contributed by atoms with E-state index in [2.05, 4.69) is 5.32 Å². The monoisotopic (exact) mass is 350 g/mol. The Morgan fingerprint density at radius 1 is 1.29 bits per heavy atom. The largest absolute Gasteiger partial charge is 0.481 e. The predicted octanol–water partition coefficient (Wildman–Crippen LogP) is 2.03. The minimum absolute atomic E-state index is 0.0110. The summed E-state index contributed by atoms with van der Waals surface area (Å²) in [5, 5.41) is 14.0. The van der Waals surface area contributed by atoms with E-state index in [0.29, 0.717) is 25.7 Å². The van der Waals surface area contributed by atoms with Crippen LogP contribution in [0.2, 0.25) is 0 Å². The van der Waals surface area contributed by atoms with E-state index in [1.165, 1.54) is 0 Å². The molecule has 3 rings (SSSR count). The van der Waals surface area contributed by atoms with Gasteiger partial charge in [0.2, 0.25) is 11.8 Å². The second-order valence-electron chi connectivity index (χ2n) is 6.67. The summed E-state index contributed by atoms with van der Waals surface area (Å²) in [6.07, 6.45) is 2.79. The molecule has 2 amide bonds. The summed E-state index contributed by atoms with van der Waals surface area (Å²) >= 11 is 1.56. The second-order valence-corrected chi connectivity index (χ2v) is 7.65. The molecule has 1 aliphatic carbocycles. The van der Waals surface area contributed by atoms with E-state index < -0.39 is 5.97 Å². The van der Waals surface area contributed by atoms with Crippen molar-refractivity contribution in [3.63, 3.8) is 0 Å². The van der Waals surface area contributed by atoms with Crippen molar-refractivity contribution >= 4 is 29.1 Å². The zero-order valence-corrected chi connectivity index (χ0v) is 14.4. The normalized spacial score (nSPS) is 30.4. The lowest BCUT2D eigenvalue weighted by atomic mass is 9.85. The Morgan fingerprint density at radius 3 is 2.58 bits per heavy atom. The fraction of sp³-hybridized carbons (Fsp3) is 0.588. The predicted molar refractivity (Wildman–Crippen MR) is 89.5 cm³/mol. The molecule has 1 saturated carbocycles. The van der Waals surface area contributed by atoms with Crippen LogP contribution in [0.5, 0.6) is 0 Å². The molecule has 7 heteroatoms. The number of nitrogens with one attached hydrogen (secondary N) is 1. The highest BCUT2D eigenvalue weighted by Crippen LogP contribution is 2.39. The Kier molecular flexibility index (Phi) is 4.89. The molecule has 0 unspecified atom stereocenters. The van der Waals surface area contributed by atoms with Crippen molar-refractivity contribution < 1.29 is 19.5 Å². The minimum Gasteiger partial charge on any atom is -0.481 e. The number of thiophene rings is 1. The first-order valence-corrected chi connectivity index (χ1v) is 9.17. The fourth-order valence-corrected chi connectivity index (χ4v) is 4.68. The summed E-state index contributed by atoms with van der Waals surface area (Å²) in [6.45, 7) is 0. The van der Waals surface area contributed by atoms with Crippen LogP contribution in [0, 0.1) is 11.8 Å². The maximum absolute atomic E-state index is 12.7. The van der Waals surface area contributed by atoms with Crippen molar-refractivity contribution in [1.29, 1.82) is 0 Å². The van der Waals surface area contributed by atoms with Gasteiger partial charge in [-0.25, -0.2) is 0 Å². The van der Waals surface area contributed by atoms with Gasteiger partial charge < -0.3 is 15.3 Å². The maximum atomic E-state index is 12.7.